The first-order valence-electron chi connectivity index (χ1n) is 11.3. The number of hydrogen-bond acceptors (Lipinski definition) is 4. The third kappa shape index (κ3) is 4.65. The van der Waals surface area contributed by atoms with Gasteiger partial charge in [-0.1, -0.05) is 24.3 Å². The summed E-state index contributed by atoms with van der Waals surface area (Å²) in [5.41, 5.74) is 2.72. The minimum absolute atomic E-state index is 0. The summed E-state index contributed by atoms with van der Waals surface area (Å²) in [6.07, 6.45) is 5.89. The minimum atomic E-state index is -0.119. The number of phenols is 1. The summed E-state index contributed by atoms with van der Waals surface area (Å²) in [4.78, 5) is 31.6. The van der Waals surface area contributed by atoms with Gasteiger partial charge >= 0.3 is 0 Å². The Hall–Kier alpha value is -2.10. The van der Waals surface area contributed by atoms with Crippen LogP contribution in [0.1, 0.15) is 36.5 Å². The Labute approximate surface area is 206 Å². The van der Waals surface area contributed by atoms with Crippen molar-refractivity contribution in [1.82, 2.24) is 15.5 Å². The predicted octanol–water partition coefficient (Wildman–Crippen LogP) is 2.88. The van der Waals surface area contributed by atoms with Crippen molar-refractivity contribution in [2.45, 2.75) is 40.2 Å². The predicted molar refractivity (Wildman–Crippen MR) is 135 cm³/mol. The lowest BCUT2D eigenvalue weighted by molar-refractivity contribution is -0.140. The average Bonchev–Trinajstić information content (AvgIpc) is 3.42. The molecule has 0 spiro atoms. The molecule has 3 N–H and O–H groups in total. The van der Waals surface area contributed by atoms with Gasteiger partial charge in [-0.25, -0.2) is 4.99 Å². The third-order valence-corrected chi connectivity index (χ3v) is 6.73. The molecule has 0 radical (unpaired) electrons. The highest BCUT2D eigenvalue weighted by atomic mass is 127. The Bertz CT molecular complexity index is 892. The van der Waals surface area contributed by atoms with Crippen molar-refractivity contribution in [2.75, 3.05) is 19.6 Å². The average molecular weight is 552 g/mol. The largest absolute Gasteiger partial charge is 0.507 e. The second-order valence-electron chi connectivity index (χ2n) is 8.88. The summed E-state index contributed by atoms with van der Waals surface area (Å²) in [6, 6.07) is 3.89. The van der Waals surface area contributed by atoms with Crippen LogP contribution in [-0.2, 0) is 16.1 Å². The monoisotopic (exact) mass is 552 g/mol. The van der Waals surface area contributed by atoms with Gasteiger partial charge in [-0.15, -0.1) is 24.0 Å². The van der Waals surface area contributed by atoms with Crippen molar-refractivity contribution in [3.05, 3.63) is 41.0 Å². The topological polar surface area (TPSA) is 94.0 Å². The maximum atomic E-state index is 12.8. The number of hydrogen-bond donors (Lipinski definition) is 3. The van der Waals surface area contributed by atoms with Crippen molar-refractivity contribution in [3.63, 3.8) is 0 Å². The van der Waals surface area contributed by atoms with Gasteiger partial charge in [-0.05, 0) is 62.1 Å². The van der Waals surface area contributed by atoms with Gasteiger partial charge in [0.1, 0.15) is 5.75 Å². The minimum Gasteiger partial charge on any atom is -0.507 e. The lowest BCUT2D eigenvalue weighted by Gasteiger charge is -2.18. The molecule has 1 aromatic rings. The van der Waals surface area contributed by atoms with Gasteiger partial charge in [0.05, 0.1) is 18.4 Å². The molecule has 32 heavy (non-hydrogen) atoms. The van der Waals surface area contributed by atoms with Gasteiger partial charge in [0, 0.05) is 19.6 Å². The van der Waals surface area contributed by atoms with Crippen LogP contribution in [0, 0.1) is 37.5 Å². The zero-order valence-electron chi connectivity index (χ0n) is 18.9. The van der Waals surface area contributed by atoms with E-state index in [-0.39, 0.29) is 59.5 Å². The summed E-state index contributed by atoms with van der Waals surface area (Å²) >= 11 is 0. The van der Waals surface area contributed by atoms with Crippen LogP contribution in [0.4, 0.5) is 0 Å². The van der Waals surface area contributed by atoms with Crippen molar-refractivity contribution >= 4 is 41.8 Å². The van der Waals surface area contributed by atoms with Crippen LogP contribution in [0.25, 0.3) is 0 Å². The molecule has 8 heteroatoms. The number of rotatable bonds is 7. The van der Waals surface area contributed by atoms with Crippen molar-refractivity contribution in [2.24, 2.45) is 28.7 Å². The smallest absolute Gasteiger partial charge is 0.233 e. The molecule has 1 aromatic carbocycles. The van der Waals surface area contributed by atoms with Crippen LogP contribution < -0.4 is 10.6 Å². The number of allylic oxidation sites excluding steroid dienone is 2. The number of guanidine groups is 1. The molecule has 2 fully saturated rings. The fourth-order valence-corrected chi connectivity index (χ4v) is 5.28. The fraction of sp³-hybridized carbons (Fsp3) is 0.542. The SMILES string of the molecule is CCNC(=NCc1cc(C)c(O)c(C)c1)NCCCN1C(=O)C2C3C=CC(C3)C2C1=O.I. The Morgan fingerprint density at radius 2 is 1.69 bits per heavy atom. The molecule has 4 atom stereocenters. The van der Waals surface area contributed by atoms with Crippen LogP contribution in [0.2, 0.25) is 0 Å². The van der Waals surface area contributed by atoms with Crippen LogP contribution >= 0.6 is 24.0 Å². The van der Waals surface area contributed by atoms with Gasteiger partial charge in [-0.3, -0.25) is 14.5 Å². The maximum absolute atomic E-state index is 12.8. The van der Waals surface area contributed by atoms with Crippen molar-refractivity contribution in [1.29, 1.82) is 0 Å². The number of halogens is 1. The van der Waals surface area contributed by atoms with Crippen molar-refractivity contribution in [3.8, 4) is 5.75 Å². The quantitative estimate of drug-likeness (QED) is 0.121. The molecule has 1 aliphatic heterocycles. The van der Waals surface area contributed by atoms with E-state index in [1.165, 1.54) is 4.90 Å². The second kappa shape index (κ2) is 10.2. The Balaban J connectivity index is 0.00000289. The zero-order valence-corrected chi connectivity index (χ0v) is 21.3. The van der Waals surface area contributed by atoms with Crippen LogP contribution in [-0.4, -0.2) is 47.4 Å². The summed E-state index contributed by atoms with van der Waals surface area (Å²) in [5, 5.41) is 16.5. The number of carbonyl (C=O) groups is 2. The van der Waals surface area contributed by atoms with Crippen LogP contribution in [0.3, 0.4) is 0 Å². The number of aryl methyl sites for hydroxylation is 2. The van der Waals surface area contributed by atoms with Gasteiger partial charge < -0.3 is 15.7 Å². The highest BCUT2D eigenvalue weighted by Crippen LogP contribution is 2.52. The molecule has 0 aromatic heterocycles. The van der Waals surface area contributed by atoms with Crippen LogP contribution in [0.5, 0.6) is 5.75 Å². The molecule has 1 saturated carbocycles. The molecule has 2 aliphatic carbocycles. The first kappa shape index (κ1) is 24.5. The molecule has 174 valence electrons. The number of benzene rings is 1. The van der Waals surface area contributed by atoms with Crippen LogP contribution in [0.15, 0.2) is 29.3 Å². The van der Waals surface area contributed by atoms with E-state index >= 15 is 0 Å². The zero-order chi connectivity index (χ0) is 22.1. The first-order valence-corrected chi connectivity index (χ1v) is 11.3. The van der Waals surface area contributed by atoms with Gasteiger partial charge in [0.15, 0.2) is 5.96 Å². The number of carbonyl (C=O) groups excluding carboxylic acids is 2. The van der Waals surface area contributed by atoms with E-state index in [9.17, 15) is 14.7 Å². The molecular formula is C24H33IN4O3. The molecule has 1 heterocycles. The summed E-state index contributed by atoms with van der Waals surface area (Å²) < 4.78 is 0. The highest BCUT2D eigenvalue weighted by molar-refractivity contribution is 14.0. The molecule has 7 nitrogen and oxygen atoms in total. The number of amides is 2. The van der Waals surface area contributed by atoms with Crippen molar-refractivity contribution < 1.29 is 14.7 Å². The van der Waals surface area contributed by atoms with E-state index in [4.69, 9.17) is 0 Å². The first-order chi connectivity index (χ1) is 14.9. The number of imide groups is 1. The van der Waals surface area contributed by atoms with E-state index in [1.54, 1.807) is 0 Å². The lowest BCUT2D eigenvalue weighted by Crippen LogP contribution is -2.40. The number of phenolic OH excluding ortho intramolecular Hbond substituents is 1. The molecule has 4 rings (SSSR count). The normalized spacial score (nSPS) is 25.8. The number of likely N-dealkylation sites (tertiary alicyclic amines) is 1. The lowest BCUT2D eigenvalue weighted by atomic mass is 9.85. The third-order valence-electron chi connectivity index (χ3n) is 6.73. The number of nitrogens with one attached hydrogen (secondary N) is 2. The number of fused-ring (bicyclic) bond motifs is 5. The van der Waals surface area contributed by atoms with E-state index in [0.29, 0.717) is 37.8 Å². The Kier molecular flexibility index (Phi) is 7.84. The fourth-order valence-electron chi connectivity index (χ4n) is 5.28. The maximum Gasteiger partial charge on any atom is 0.233 e. The molecule has 2 amide bonds. The standard InChI is InChI=1S/C24H32N4O3.HI/c1-4-25-24(27-13-16-10-14(2)21(29)15(3)11-16)26-8-5-9-28-22(30)19-17-6-7-18(12-17)20(19)23(28)31;/h6-7,10-11,17-20,29H,4-5,8-9,12-13H2,1-3H3,(H2,25,26,27);1H. The second-order valence-corrected chi connectivity index (χ2v) is 8.88. The number of aromatic hydroxyl groups is 1. The number of aliphatic imine (C=N–C) groups is 1. The molecule has 2 bridgehead atoms. The highest BCUT2D eigenvalue weighted by Gasteiger charge is 2.58. The molecular weight excluding hydrogens is 519 g/mol. The van der Waals surface area contributed by atoms with E-state index < -0.39 is 0 Å². The van der Waals surface area contributed by atoms with Gasteiger partial charge in [-0.2, -0.15) is 0 Å². The molecule has 4 unspecified atom stereocenters. The van der Waals surface area contributed by atoms with E-state index in [1.807, 2.05) is 32.9 Å². The molecule has 1 saturated heterocycles. The summed E-state index contributed by atoms with van der Waals surface area (Å²) in [6.45, 7) is 8.09. The Morgan fingerprint density at radius 3 is 2.25 bits per heavy atom. The van der Waals surface area contributed by atoms with E-state index in [2.05, 4.69) is 27.8 Å². The van der Waals surface area contributed by atoms with E-state index in [0.717, 1.165) is 29.7 Å². The Morgan fingerprint density at radius 1 is 1.09 bits per heavy atom. The number of nitrogens with zero attached hydrogens (tertiary/aromatic N) is 2. The summed E-state index contributed by atoms with van der Waals surface area (Å²) in [7, 11) is 0. The van der Waals surface area contributed by atoms with Gasteiger partial charge in [0.2, 0.25) is 11.8 Å². The summed E-state index contributed by atoms with van der Waals surface area (Å²) in [5.74, 6) is 1.35. The van der Waals surface area contributed by atoms with Gasteiger partial charge in [0.25, 0.3) is 0 Å². The molecule has 3 aliphatic rings.